The molecule has 4 rings (SSSR count). The Kier molecular flexibility index (Phi) is 5.77. The van der Waals surface area contributed by atoms with Gasteiger partial charge in [0.25, 0.3) is 0 Å². The number of nitrogens with two attached hydrogens (primary N) is 1. The summed E-state index contributed by atoms with van der Waals surface area (Å²) < 4.78 is 32.8. The Labute approximate surface area is 168 Å². The molecule has 1 aliphatic rings. The van der Waals surface area contributed by atoms with Gasteiger partial charge in [0, 0.05) is 37.0 Å². The summed E-state index contributed by atoms with van der Waals surface area (Å²) in [6.45, 7) is 6.98. The van der Waals surface area contributed by atoms with Crippen molar-refractivity contribution in [2.45, 2.75) is 13.3 Å². The number of nitrogens with zero attached hydrogens (tertiary/aromatic N) is 4. The van der Waals surface area contributed by atoms with Crippen LogP contribution in [0.4, 0.5) is 10.1 Å². The fourth-order valence-corrected chi connectivity index (χ4v) is 3.32. The minimum atomic E-state index is -0.550. The molecule has 1 saturated heterocycles. The molecule has 1 aromatic carbocycles. The number of aromatic nitrogens is 3. The molecule has 1 aliphatic heterocycles. The Morgan fingerprint density at radius 1 is 1.24 bits per heavy atom. The number of nitrogen functional groups attached to an aromatic ring is 1. The monoisotopic (exact) mass is 401 g/mol. The highest BCUT2D eigenvalue weighted by atomic mass is 19.1. The third-order valence-electron chi connectivity index (χ3n) is 4.89. The maximum atomic E-state index is 14.1. The van der Waals surface area contributed by atoms with Crippen LogP contribution in [0, 0.1) is 12.7 Å². The molecular formula is C20H24FN5O3. The second kappa shape index (κ2) is 8.62. The number of halogens is 1. The zero-order chi connectivity index (χ0) is 20.2. The van der Waals surface area contributed by atoms with Crippen molar-refractivity contribution in [3.05, 3.63) is 42.1 Å². The molecule has 3 heterocycles. The van der Waals surface area contributed by atoms with Gasteiger partial charge in [-0.3, -0.25) is 4.90 Å². The van der Waals surface area contributed by atoms with Crippen molar-refractivity contribution in [3.8, 4) is 17.4 Å². The van der Waals surface area contributed by atoms with Crippen LogP contribution in [0.3, 0.4) is 0 Å². The van der Waals surface area contributed by atoms with E-state index in [0.29, 0.717) is 23.6 Å². The fraction of sp³-hybridized carbons (Fsp3) is 0.400. The van der Waals surface area contributed by atoms with Crippen molar-refractivity contribution >= 4 is 11.2 Å². The predicted octanol–water partition coefficient (Wildman–Crippen LogP) is 2.65. The van der Waals surface area contributed by atoms with Crippen LogP contribution in [0.15, 0.2) is 30.7 Å². The molecule has 0 amide bonds. The smallest absolute Gasteiger partial charge is 0.247 e. The first-order valence-corrected chi connectivity index (χ1v) is 9.60. The summed E-state index contributed by atoms with van der Waals surface area (Å²) in [5.74, 6) is 0.457. The molecule has 0 unspecified atom stereocenters. The summed E-state index contributed by atoms with van der Waals surface area (Å²) in [7, 11) is 0. The average molecular weight is 401 g/mol. The number of fused-ring (bicyclic) bond motifs is 1. The van der Waals surface area contributed by atoms with Crippen LogP contribution in [0.2, 0.25) is 0 Å². The van der Waals surface area contributed by atoms with E-state index in [0.717, 1.165) is 44.8 Å². The van der Waals surface area contributed by atoms with Crippen LogP contribution in [-0.2, 0) is 4.74 Å². The van der Waals surface area contributed by atoms with Gasteiger partial charge in [-0.1, -0.05) is 0 Å². The first kappa shape index (κ1) is 19.4. The number of anilines is 1. The fourth-order valence-electron chi connectivity index (χ4n) is 3.32. The Morgan fingerprint density at radius 2 is 2.07 bits per heavy atom. The van der Waals surface area contributed by atoms with Crippen LogP contribution in [0.5, 0.6) is 17.4 Å². The number of aryl methyl sites for hydroxylation is 1. The number of hydrogen-bond acceptors (Lipinski definition) is 7. The lowest BCUT2D eigenvalue weighted by Gasteiger charge is -2.26. The first-order chi connectivity index (χ1) is 14.1. The minimum absolute atomic E-state index is 0.0494. The standard InChI is InChI=1S/C20H24FN5O3/c1-14-18(28-8-2-5-25-6-9-27-10-7-25)12-26-19(14)20(23-13-24-26)29-17-4-3-15(22)11-16(17)21/h3-4,11-13H,2,5-10,22H2,1H3. The first-order valence-electron chi connectivity index (χ1n) is 9.60. The van der Waals surface area contributed by atoms with Gasteiger partial charge in [0.05, 0.1) is 26.0 Å². The molecule has 2 aromatic heterocycles. The average Bonchev–Trinajstić information content (AvgIpc) is 3.05. The molecular weight excluding hydrogens is 377 g/mol. The van der Waals surface area contributed by atoms with E-state index in [1.54, 1.807) is 16.8 Å². The predicted molar refractivity (Wildman–Crippen MR) is 106 cm³/mol. The maximum absolute atomic E-state index is 14.1. The van der Waals surface area contributed by atoms with E-state index in [2.05, 4.69) is 15.0 Å². The molecule has 2 N–H and O–H groups in total. The molecule has 29 heavy (non-hydrogen) atoms. The van der Waals surface area contributed by atoms with E-state index < -0.39 is 5.82 Å². The molecule has 9 heteroatoms. The molecule has 154 valence electrons. The van der Waals surface area contributed by atoms with Crippen molar-refractivity contribution in [1.29, 1.82) is 0 Å². The Bertz CT molecular complexity index is 988. The van der Waals surface area contributed by atoms with Crippen molar-refractivity contribution in [2.75, 3.05) is 45.2 Å². The highest BCUT2D eigenvalue weighted by Gasteiger charge is 2.17. The Hall–Kier alpha value is -2.91. The van der Waals surface area contributed by atoms with Gasteiger partial charge >= 0.3 is 0 Å². The lowest BCUT2D eigenvalue weighted by molar-refractivity contribution is 0.0358. The van der Waals surface area contributed by atoms with Crippen molar-refractivity contribution in [1.82, 2.24) is 19.5 Å². The zero-order valence-electron chi connectivity index (χ0n) is 16.3. The van der Waals surface area contributed by atoms with Gasteiger partial charge in [-0.15, -0.1) is 0 Å². The molecule has 0 radical (unpaired) electrons. The number of rotatable bonds is 7. The van der Waals surface area contributed by atoms with E-state index in [4.69, 9.17) is 19.9 Å². The zero-order valence-corrected chi connectivity index (χ0v) is 16.3. The van der Waals surface area contributed by atoms with Gasteiger partial charge in [-0.25, -0.2) is 8.91 Å². The summed E-state index contributed by atoms with van der Waals surface area (Å²) in [6.07, 6.45) is 4.06. The summed E-state index contributed by atoms with van der Waals surface area (Å²) in [5.41, 5.74) is 7.39. The topological polar surface area (TPSA) is 87.1 Å². The summed E-state index contributed by atoms with van der Waals surface area (Å²) in [4.78, 5) is 6.54. The number of ether oxygens (including phenoxy) is 3. The highest BCUT2D eigenvalue weighted by Crippen LogP contribution is 2.33. The van der Waals surface area contributed by atoms with Crippen LogP contribution in [0.25, 0.3) is 5.52 Å². The van der Waals surface area contributed by atoms with Crippen LogP contribution >= 0.6 is 0 Å². The lowest BCUT2D eigenvalue weighted by Crippen LogP contribution is -2.37. The van der Waals surface area contributed by atoms with Crippen LogP contribution in [-0.4, -0.2) is 59.0 Å². The molecule has 0 spiro atoms. The second-order valence-electron chi connectivity index (χ2n) is 6.92. The molecule has 0 saturated carbocycles. The normalized spacial score (nSPS) is 15.0. The summed E-state index contributed by atoms with van der Waals surface area (Å²) in [5, 5.41) is 4.21. The van der Waals surface area contributed by atoms with Gasteiger partial charge < -0.3 is 19.9 Å². The minimum Gasteiger partial charge on any atom is -0.492 e. The van der Waals surface area contributed by atoms with Gasteiger partial charge in [0.2, 0.25) is 5.88 Å². The summed E-state index contributed by atoms with van der Waals surface area (Å²) in [6, 6.07) is 4.26. The Balaban J connectivity index is 1.46. The van der Waals surface area contributed by atoms with Crippen LogP contribution < -0.4 is 15.2 Å². The number of morpholine rings is 1. The summed E-state index contributed by atoms with van der Waals surface area (Å²) >= 11 is 0. The van der Waals surface area contributed by atoms with E-state index in [9.17, 15) is 4.39 Å². The number of hydrogen-bond donors (Lipinski definition) is 1. The SMILES string of the molecule is Cc1c(OCCCN2CCOCC2)cn2ncnc(Oc3ccc(N)cc3F)c12. The van der Waals surface area contributed by atoms with E-state index in [1.165, 1.54) is 18.5 Å². The molecule has 1 fully saturated rings. The Morgan fingerprint density at radius 3 is 2.86 bits per heavy atom. The largest absolute Gasteiger partial charge is 0.492 e. The van der Waals surface area contributed by atoms with Gasteiger partial charge in [0.1, 0.15) is 17.6 Å². The number of benzene rings is 1. The van der Waals surface area contributed by atoms with Gasteiger partial charge in [-0.2, -0.15) is 10.1 Å². The van der Waals surface area contributed by atoms with Gasteiger partial charge in [0.15, 0.2) is 11.6 Å². The van der Waals surface area contributed by atoms with E-state index in [-0.39, 0.29) is 11.6 Å². The molecule has 0 aliphatic carbocycles. The quantitative estimate of drug-likeness (QED) is 0.481. The molecule has 3 aromatic rings. The van der Waals surface area contributed by atoms with E-state index >= 15 is 0 Å². The molecule has 8 nitrogen and oxygen atoms in total. The highest BCUT2D eigenvalue weighted by molar-refractivity contribution is 5.67. The maximum Gasteiger partial charge on any atom is 0.247 e. The third-order valence-corrected chi connectivity index (χ3v) is 4.89. The lowest BCUT2D eigenvalue weighted by atomic mass is 10.3. The third kappa shape index (κ3) is 4.41. The second-order valence-corrected chi connectivity index (χ2v) is 6.92. The molecule has 0 bridgehead atoms. The van der Waals surface area contributed by atoms with E-state index in [1.807, 2.05) is 6.92 Å². The van der Waals surface area contributed by atoms with Crippen molar-refractivity contribution in [2.24, 2.45) is 0 Å². The van der Waals surface area contributed by atoms with Crippen molar-refractivity contribution in [3.63, 3.8) is 0 Å². The molecule has 0 atom stereocenters. The van der Waals surface area contributed by atoms with Crippen LogP contribution in [0.1, 0.15) is 12.0 Å². The van der Waals surface area contributed by atoms with Gasteiger partial charge in [-0.05, 0) is 25.5 Å². The van der Waals surface area contributed by atoms with Crippen molar-refractivity contribution < 1.29 is 18.6 Å².